The average Bonchev–Trinajstić information content (AvgIpc) is 2.94. The molecule has 94 valence electrons. The van der Waals surface area contributed by atoms with Crippen LogP contribution in [0.4, 0.5) is 0 Å². The van der Waals surface area contributed by atoms with Gasteiger partial charge in [0.25, 0.3) is 0 Å². The molecule has 0 saturated heterocycles. The quantitative estimate of drug-likeness (QED) is 0.773. The molecule has 0 bridgehead atoms. The molecular weight excluding hydrogens is 294 g/mol. The molecule has 4 nitrogen and oxygen atoms in total. The number of carbonyl (C=O) groups is 1. The van der Waals surface area contributed by atoms with Crippen LogP contribution in [0.5, 0.6) is 0 Å². The minimum atomic E-state index is -3.38. The summed E-state index contributed by atoms with van der Waals surface area (Å²) in [5.41, 5.74) is 0. The maximum absolute atomic E-state index is 11.7. The SMILES string of the molecule is CC(C)(C(=O)NCC(Br)C1CC1)S(C)(=O)=O. The monoisotopic (exact) mass is 311 g/mol. The molecular formula is C10H18BrNO3S. The molecule has 0 aromatic heterocycles. The van der Waals surface area contributed by atoms with Gasteiger partial charge in [0.15, 0.2) is 9.84 Å². The zero-order valence-electron chi connectivity index (χ0n) is 9.79. The number of amides is 1. The summed E-state index contributed by atoms with van der Waals surface area (Å²) in [6, 6.07) is 0. The Bertz CT molecular complexity index is 374. The number of carbonyl (C=O) groups excluding carboxylic acids is 1. The van der Waals surface area contributed by atoms with E-state index in [4.69, 9.17) is 0 Å². The van der Waals surface area contributed by atoms with Gasteiger partial charge in [-0.25, -0.2) is 8.42 Å². The molecule has 1 amide bonds. The van der Waals surface area contributed by atoms with Crippen LogP contribution in [-0.4, -0.2) is 36.7 Å². The van der Waals surface area contributed by atoms with Crippen molar-refractivity contribution in [1.29, 1.82) is 0 Å². The van der Waals surface area contributed by atoms with Crippen LogP contribution in [0.3, 0.4) is 0 Å². The van der Waals surface area contributed by atoms with Gasteiger partial charge < -0.3 is 5.32 Å². The first kappa shape index (κ1) is 14.0. The van der Waals surface area contributed by atoms with Crippen molar-refractivity contribution >= 4 is 31.7 Å². The van der Waals surface area contributed by atoms with Gasteiger partial charge >= 0.3 is 0 Å². The molecule has 0 aromatic carbocycles. The maximum atomic E-state index is 11.7. The molecule has 1 N–H and O–H groups in total. The van der Waals surface area contributed by atoms with Gasteiger partial charge in [-0.15, -0.1) is 0 Å². The maximum Gasteiger partial charge on any atom is 0.240 e. The zero-order chi connectivity index (χ0) is 12.6. The van der Waals surface area contributed by atoms with Gasteiger partial charge in [0, 0.05) is 17.6 Å². The standard InChI is InChI=1S/C10H18BrNO3S/c1-10(2,16(3,14)15)9(13)12-6-8(11)7-4-5-7/h7-8H,4-6H2,1-3H3,(H,12,13). The van der Waals surface area contributed by atoms with Crippen LogP contribution >= 0.6 is 15.9 Å². The normalized spacial score (nSPS) is 19.2. The molecule has 1 saturated carbocycles. The molecule has 6 heteroatoms. The highest BCUT2D eigenvalue weighted by Gasteiger charge is 2.39. The lowest BCUT2D eigenvalue weighted by molar-refractivity contribution is -0.122. The van der Waals surface area contributed by atoms with E-state index in [0.717, 1.165) is 6.26 Å². The summed E-state index contributed by atoms with van der Waals surface area (Å²) < 4.78 is 21.5. The van der Waals surface area contributed by atoms with Crippen LogP contribution < -0.4 is 5.32 Å². The lowest BCUT2D eigenvalue weighted by Gasteiger charge is -2.22. The topological polar surface area (TPSA) is 63.2 Å². The first-order valence-electron chi connectivity index (χ1n) is 5.28. The molecule has 1 unspecified atom stereocenters. The van der Waals surface area contributed by atoms with Crippen molar-refractivity contribution in [3.05, 3.63) is 0 Å². The van der Waals surface area contributed by atoms with Crippen molar-refractivity contribution in [2.45, 2.75) is 36.3 Å². The number of hydrogen-bond acceptors (Lipinski definition) is 3. The second-order valence-electron chi connectivity index (χ2n) is 4.85. The first-order chi connectivity index (χ1) is 7.16. The summed E-state index contributed by atoms with van der Waals surface area (Å²) in [4.78, 5) is 12.0. The Morgan fingerprint density at radius 3 is 2.38 bits per heavy atom. The van der Waals surface area contributed by atoms with E-state index >= 15 is 0 Å². The van der Waals surface area contributed by atoms with Gasteiger partial charge in [-0.05, 0) is 32.6 Å². The van der Waals surface area contributed by atoms with Crippen LogP contribution in [0, 0.1) is 5.92 Å². The molecule has 0 aliphatic heterocycles. The third-order valence-corrected chi connectivity index (χ3v) is 6.18. The highest BCUT2D eigenvalue weighted by atomic mass is 79.9. The van der Waals surface area contributed by atoms with Crippen molar-refractivity contribution in [2.24, 2.45) is 5.92 Å². The Kier molecular flexibility index (Phi) is 4.05. The lowest BCUT2D eigenvalue weighted by Crippen LogP contribution is -2.49. The van der Waals surface area contributed by atoms with Crippen LogP contribution in [-0.2, 0) is 14.6 Å². The summed E-state index contributed by atoms with van der Waals surface area (Å²) >= 11 is 3.49. The van der Waals surface area contributed by atoms with Crippen LogP contribution in [0.15, 0.2) is 0 Å². The Balaban J connectivity index is 2.51. The fourth-order valence-electron chi connectivity index (χ4n) is 1.20. The molecule has 0 aromatic rings. The van der Waals surface area contributed by atoms with Gasteiger partial charge in [0.1, 0.15) is 4.75 Å². The fraction of sp³-hybridized carbons (Fsp3) is 0.900. The van der Waals surface area contributed by atoms with E-state index < -0.39 is 20.5 Å². The molecule has 1 aliphatic rings. The Labute approximate surface area is 105 Å². The molecule has 0 spiro atoms. The molecule has 1 aliphatic carbocycles. The molecule has 16 heavy (non-hydrogen) atoms. The third-order valence-electron chi connectivity index (χ3n) is 3.06. The van der Waals surface area contributed by atoms with E-state index in [1.165, 1.54) is 26.7 Å². The first-order valence-corrected chi connectivity index (χ1v) is 8.09. The number of sulfone groups is 1. The number of alkyl halides is 1. The van der Waals surface area contributed by atoms with Gasteiger partial charge in [-0.2, -0.15) is 0 Å². The molecule has 0 heterocycles. The van der Waals surface area contributed by atoms with Crippen molar-refractivity contribution in [1.82, 2.24) is 5.32 Å². The minimum absolute atomic E-state index is 0.256. The van der Waals surface area contributed by atoms with Gasteiger partial charge in [0.05, 0.1) is 0 Å². The van der Waals surface area contributed by atoms with E-state index in [1.54, 1.807) is 0 Å². The van der Waals surface area contributed by atoms with Crippen molar-refractivity contribution < 1.29 is 13.2 Å². The highest BCUT2D eigenvalue weighted by molar-refractivity contribution is 9.09. The second-order valence-corrected chi connectivity index (χ2v) is 8.59. The van der Waals surface area contributed by atoms with Crippen LogP contribution in [0.1, 0.15) is 26.7 Å². The Morgan fingerprint density at radius 2 is 2.00 bits per heavy atom. The number of halogens is 1. The number of rotatable bonds is 5. The highest BCUT2D eigenvalue weighted by Crippen LogP contribution is 2.36. The Morgan fingerprint density at radius 1 is 1.50 bits per heavy atom. The minimum Gasteiger partial charge on any atom is -0.354 e. The van der Waals surface area contributed by atoms with Crippen molar-refractivity contribution in [3.63, 3.8) is 0 Å². The second kappa shape index (κ2) is 4.64. The van der Waals surface area contributed by atoms with E-state index in [-0.39, 0.29) is 4.83 Å². The number of hydrogen-bond donors (Lipinski definition) is 1. The summed E-state index contributed by atoms with van der Waals surface area (Å²) in [5, 5.41) is 2.69. The molecule has 1 atom stereocenters. The summed E-state index contributed by atoms with van der Waals surface area (Å²) in [7, 11) is -3.38. The summed E-state index contributed by atoms with van der Waals surface area (Å²) in [6.07, 6.45) is 3.45. The van der Waals surface area contributed by atoms with E-state index in [0.29, 0.717) is 12.5 Å². The third kappa shape index (κ3) is 3.20. The average molecular weight is 312 g/mol. The predicted molar refractivity (Wildman–Crippen MR) is 67.4 cm³/mol. The van der Waals surface area contributed by atoms with Gasteiger partial charge in [-0.3, -0.25) is 4.79 Å². The van der Waals surface area contributed by atoms with E-state index in [2.05, 4.69) is 21.2 Å². The fourth-order valence-corrected chi connectivity index (χ4v) is 2.30. The largest absolute Gasteiger partial charge is 0.354 e. The molecule has 0 radical (unpaired) electrons. The smallest absolute Gasteiger partial charge is 0.240 e. The van der Waals surface area contributed by atoms with Gasteiger partial charge in [-0.1, -0.05) is 15.9 Å². The molecule has 1 rings (SSSR count). The van der Waals surface area contributed by atoms with Gasteiger partial charge in [0.2, 0.25) is 5.91 Å². The van der Waals surface area contributed by atoms with Crippen molar-refractivity contribution in [2.75, 3.05) is 12.8 Å². The Hall–Kier alpha value is -0.100. The van der Waals surface area contributed by atoms with E-state index in [1.807, 2.05) is 0 Å². The van der Waals surface area contributed by atoms with Crippen LogP contribution in [0.2, 0.25) is 0 Å². The van der Waals surface area contributed by atoms with E-state index in [9.17, 15) is 13.2 Å². The predicted octanol–water partition coefficient (Wildman–Crippen LogP) is 1.10. The summed E-state index contributed by atoms with van der Waals surface area (Å²) in [5.74, 6) is 0.196. The lowest BCUT2D eigenvalue weighted by atomic mass is 10.2. The number of nitrogens with one attached hydrogen (secondary N) is 1. The van der Waals surface area contributed by atoms with Crippen LogP contribution in [0.25, 0.3) is 0 Å². The summed E-state index contributed by atoms with van der Waals surface area (Å²) in [6.45, 7) is 3.35. The zero-order valence-corrected chi connectivity index (χ0v) is 12.2. The molecule has 1 fully saturated rings. The van der Waals surface area contributed by atoms with Crippen molar-refractivity contribution in [3.8, 4) is 0 Å².